The second-order valence-electron chi connectivity index (χ2n) is 1.90. The lowest BCUT2D eigenvalue weighted by molar-refractivity contribution is -0.345. The third-order valence-electron chi connectivity index (χ3n) is 0.771. The molecule has 0 saturated heterocycles. The Morgan fingerprint density at radius 2 is 2.27 bits per heavy atom. The Morgan fingerprint density at radius 1 is 1.64 bits per heavy atom. The van der Waals surface area contributed by atoms with Crippen molar-refractivity contribution >= 4 is 5.97 Å². The SMILES string of the molecule is CC(=O)OOC(C)OCCN. The molecule has 11 heavy (non-hydrogen) atoms. The molecule has 0 aromatic heterocycles. The lowest BCUT2D eigenvalue weighted by atomic mass is 10.7. The van der Waals surface area contributed by atoms with E-state index in [1.807, 2.05) is 0 Å². The minimum absolute atomic E-state index is 0.377. The van der Waals surface area contributed by atoms with Gasteiger partial charge in [-0.15, -0.1) is 0 Å². The minimum Gasteiger partial charge on any atom is -0.348 e. The Labute approximate surface area is 65.3 Å². The van der Waals surface area contributed by atoms with E-state index < -0.39 is 12.3 Å². The molecule has 5 nitrogen and oxygen atoms in total. The molecule has 0 aliphatic rings. The highest BCUT2D eigenvalue weighted by Crippen LogP contribution is 1.93. The molecule has 0 aliphatic heterocycles. The molecule has 66 valence electrons. The van der Waals surface area contributed by atoms with Gasteiger partial charge in [0, 0.05) is 13.5 Å². The first-order valence-corrected chi connectivity index (χ1v) is 3.32. The quantitative estimate of drug-likeness (QED) is 0.345. The Morgan fingerprint density at radius 3 is 2.73 bits per heavy atom. The summed E-state index contributed by atoms with van der Waals surface area (Å²) >= 11 is 0. The lowest BCUT2D eigenvalue weighted by Crippen LogP contribution is -2.19. The fourth-order valence-corrected chi connectivity index (χ4v) is 0.397. The van der Waals surface area contributed by atoms with Gasteiger partial charge in [-0.1, -0.05) is 0 Å². The van der Waals surface area contributed by atoms with Crippen molar-refractivity contribution in [2.45, 2.75) is 20.1 Å². The monoisotopic (exact) mass is 163 g/mol. The summed E-state index contributed by atoms with van der Waals surface area (Å²) in [6, 6.07) is 0. The van der Waals surface area contributed by atoms with Crippen molar-refractivity contribution in [1.29, 1.82) is 0 Å². The van der Waals surface area contributed by atoms with Crippen molar-refractivity contribution in [1.82, 2.24) is 0 Å². The maximum absolute atomic E-state index is 10.2. The first-order valence-electron chi connectivity index (χ1n) is 3.32. The molecule has 0 heterocycles. The summed E-state index contributed by atoms with van der Waals surface area (Å²) in [5, 5.41) is 0. The van der Waals surface area contributed by atoms with Crippen LogP contribution in [0, 0.1) is 0 Å². The fourth-order valence-electron chi connectivity index (χ4n) is 0.397. The number of hydrogen-bond acceptors (Lipinski definition) is 5. The van der Waals surface area contributed by atoms with Crippen molar-refractivity contribution in [3.05, 3.63) is 0 Å². The summed E-state index contributed by atoms with van der Waals surface area (Å²) in [6.07, 6.45) is -0.567. The van der Waals surface area contributed by atoms with Crippen LogP contribution in [0.15, 0.2) is 0 Å². The molecule has 0 aromatic rings. The van der Waals surface area contributed by atoms with Gasteiger partial charge in [0.15, 0.2) is 6.29 Å². The Hall–Kier alpha value is -0.650. The summed E-state index contributed by atoms with van der Waals surface area (Å²) in [7, 11) is 0. The third kappa shape index (κ3) is 7.24. The van der Waals surface area contributed by atoms with Gasteiger partial charge in [-0.3, -0.25) is 4.89 Å². The lowest BCUT2D eigenvalue weighted by Gasteiger charge is -2.09. The molecule has 1 unspecified atom stereocenters. The Kier molecular flexibility index (Phi) is 5.73. The zero-order chi connectivity index (χ0) is 8.69. The van der Waals surface area contributed by atoms with Crippen LogP contribution in [0.1, 0.15) is 13.8 Å². The molecular formula is C6H13NO4. The summed E-state index contributed by atoms with van der Waals surface area (Å²) in [6.45, 7) is 3.64. The number of rotatable bonds is 5. The topological polar surface area (TPSA) is 70.8 Å². The van der Waals surface area contributed by atoms with E-state index in [9.17, 15) is 4.79 Å². The molecule has 0 spiro atoms. The standard InChI is InChI=1S/C6H13NO4/c1-5(8)10-11-6(2)9-4-3-7/h6H,3-4,7H2,1-2H3. The number of nitrogens with two attached hydrogens (primary N) is 1. The molecule has 2 N–H and O–H groups in total. The summed E-state index contributed by atoms with van der Waals surface area (Å²) < 4.78 is 4.92. The predicted octanol–water partition coefficient (Wildman–Crippen LogP) is -0.198. The van der Waals surface area contributed by atoms with Crippen LogP contribution in [-0.2, 0) is 19.3 Å². The maximum Gasteiger partial charge on any atom is 0.339 e. The Bertz CT molecular complexity index is 117. The molecule has 0 fully saturated rings. The minimum atomic E-state index is -0.567. The molecule has 0 bridgehead atoms. The molecule has 5 heteroatoms. The van der Waals surface area contributed by atoms with Crippen LogP contribution in [0.2, 0.25) is 0 Å². The highest BCUT2D eigenvalue weighted by atomic mass is 17.2. The van der Waals surface area contributed by atoms with Gasteiger partial charge in [-0.2, -0.15) is 4.89 Å². The van der Waals surface area contributed by atoms with Crippen LogP contribution in [-0.4, -0.2) is 25.4 Å². The smallest absolute Gasteiger partial charge is 0.339 e. The summed E-state index contributed by atoms with van der Waals surface area (Å²) in [5.41, 5.74) is 5.14. The van der Waals surface area contributed by atoms with Crippen molar-refractivity contribution in [3.63, 3.8) is 0 Å². The van der Waals surface area contributed by atoms with Gasteiger partial charge in [0.25, 0.3) is 0 Å². The first kappa shape index (κ1) is 10.3. The van der Waals surface area contributed by atoms with E-state index in [0.717, 1.165) is 0 Å². The highest BCUT2D eigenvalue weighted by molar-refractivity contribution is 5.65. The van der Waals surface area contributed by atoms with E-state index in [0.29, 0.717) is 13.2 Å². The van der Waals surface area contributed by atoms with E-state index in [4.69, 9.17) is 10.5 Å². The number of carbonyl (C=O) groups is 1. The Balaban J connectivity index is 3.22. The van der Waals surface area contributed by atoms with Gasteiger partial charge >= 0.3 is 5.97 Å². The summed E-state index contributed by atoms with van der Waals surface area (Å²) in [5.74, 6) is -0.506. The van der Waals surface area contributed by atoms with Crippen LogP contribution in [0.3, 0.4) is 0 Å². The van der Waals surface area contributed by atoms with Crippen LogP contribution in [0.25, 0.3) is 0 Å². The fraction of sp³-hybridized carbons (Fsp3) is 0.833. The van der Waals surface area contributed by atoms with Crippen LogP contribution in [0.4, 0.5) is 0 Å². The van der Waals surface area contributed by atoms with Gasteiger partial charge in [0.1, 0.15) is 0 Å². The van der Waals surface area contributed by atoms with Crippen molar-refractivity contribution < 1.29 is 19.3 Å². The molecule has 0 rings (SSSR count). The van der Waals surface area contributed by atoms with Crippen LogP contribution in [0.5, 0.6) is 0 Å². The van der Waals surface area contributed by atoms with E-state index in [1.54, 1.807) is 6.92 Å². The van der Waals surface area contributed by atoms with E-state index in [2.05, 4.69) is 9.78 Å². The average Bonchev–Trinajstić information content (AvgIpc) is 1.97. The van der Waals surface area contributed by atoms with Gasteiger partial charge in [0.2, 0.25) is 0 Å². The van der Waals surface area contributed by atoms with Crippen molar-refractivity contribution in [2.75, 3.05) is 13.2 Å². The third-order valence-corrected chi connectivity index (χ3v) is 0.771. The van der Waals surface area contributed by atoms with Crippen molar-refractivity contribution in [2.24, 2.45) is 5.73 Å². The zero-order valence-electron chi connectivity index (χ0n) is 6.70. The largest absolute Gasteiger partial charge is 0.348 e. The van der Waals surface area contributed by atoms with E-state index in [1.165, 1.54) is 6.92 Å². The van der Waals surface area contributed by atoms with Gasteiger partial charge in [-0.05, 0) is 6.92 Å². The second-order valence-corrected chi connectivity index (χ2v) is 1.90. The van der Waals surface area contributed by atoms with Crippen LogP contribution >= 0.6 is 0 Å². The zero-order valence-corrected chi connectivity index (χ0v) is 6.70. The average molecular weight is 163 g/mol. The van der Waals surface area contributed by atoms with E-state index in [-0.39, 0.29) is 0 Å². The molecular weight excluding hydrogens is 150 g/mol. The van der Waals surface area contributed by atoms with Crippen LogP contribution < -0.4 is 5.73 Å². The molecule has 0 saturated carbocycles. The predicted molar refractivity (Wildman–Crippen MR) is 37.3 cm³/mol. The maximum atomic E-state index is 10.2. The second kappa shape index (κ2) is 6.09. The number of ether oxygens (including phenoxy) is 1. The molecule has 1 atom stereocenters. The number of carbonyl (C=O) groups excluding carboxylic acids is 1. The van der Waals surface area contributed by atoms with Crippen molar-refractivity contribution in [3.8, 4) is 0 Å². The van der Waals surface area contributed by atoms with E-state index >= 15 is 0 Å². The summed E-state index contributed by atoms with van der Waals surface area (Å²) in [4.78, 5) is 18.9. The first-order chi connectivity index (χ1) is 5.16. The number of hydrogen-bond donors (Lipinski definition) is 1. The highest BCUT2D eigenvalue weighted by Gasteiger charge is 2.03. The van der Waals surface area contributed by atoms with Gasteiger partial charge in [0.05, 0.1) is 6.61 Å². The van der Waals surface area contributed by atoms with Gasteiger partial charge in [-0.25, -0.2) is 4.79 Å². The molecule has 0 radical (unpaired) electrons. The molecule has 0 aliphatic carbocycles. The van der Waals surface area contributed by atoms with Gasteiger partial charge < -0.3 is 10.5 Å². The molecule has 0 aromatic carbocycles. The molecule has 0 amide bonds. The normalized spacial score (nSPS) is 12.6.